The standard InChI is InChI=1S/C15H26N2O/c1-4-17(5-2)13-12-16-11-10-14-8-6-7-9-15(14)18-3/h6-9,16H,4-5,10-13H2,1-3H3. The van der Waals surface area contributed by atoms with Crippen molar-refractivity contribution in [1.82, 2.24) is 10.2 Å². The highest BCUT2D eigenvalue weighted by Crippen LogP contribution is 2.16. The lowest BCUT2D eigenvalue weighted by atomic mass is 10.1. The summed E-state index contributed by atoms with van der Waals surface area (Å²) in [4.78, 5) is 2.43. The normalized spacial score (nSPS) is 10.9. The maximum absolute atomic E-state index is 5.34. The van der Waals surface area contributed by atoms with Gasteiger partial charge in [-0.25, -0.2) is 0 Å². The first-order valence-corrected chi connectivity index (χ1v) is 6.86. The number of nitrogens with zero attached hydrogens (tertiary/aromatic N) is 1. The lowest BCUT2D eigenvalue weighted by molar-refractivity contribution is 0.303. The third-order valence-electron chi connectivity index (χ3n) is 3.26. The SMILES string of the molecule is CCN(CC)CCNCCc1ccccc1OC. The molecule has 3 heteroatoms. The summed E-state index contributed by atoms with van der Waals surface area (Å²) in [5.74, 6) is 0.989. The minimum absolute atomic E-state index is 0.989. The van der Waals surface area contributed by atoms with Crippen LogP contribution in [0, 0.1) is 0 Å². The molecule has 0 aliphatic heterocycles. The minimum Gasteiger partial charge on any atom is -0.496 e. The molecule has 0 amide bonds. The van der Waals surface area contributed by atoms with Crippen LogP contribution in [0.4, 0.5) is 0 Å². The molecule has 0 aliphatic carbocycles. The fraction of sp³-hybridized carbons (Fsp3) is 0.600. The number of para-hydroxylation sites is 1. The number of nitrogens with one attached hydrogen (secondary N) is 1. The highest BCUT2D eigenvalue weighted by Gasteiger charge is 2.01. The van der Waals surface area contributed by atoms with Crippen molar-refractivity contribution in [3.63, 3.8) is 0 Å². The molecule has 0 saturated carbocycles. The van der Waals surface area contributed by atoms with Crippen molar-refractivity contribution in [1.29, 1.82) is 0 Å². The average molecular weight is 250 g/mol. The molecule has 1 aromatic carbocycles. The Labute approximate surface area is 111 Å². The molecule has 0 aromatic heterocycles. The number of hydrogen-bond acceptors (Lipinski definition) is 3. The highest BCUT2D eigenvalue weighted by atomic mass is 16.5. The third-order valence-corrected chi connectivity index (χ3v) is 3.26. The lowest BCUT2D eigenvalue weighted by Crippen LogP contribution is -2.32. The largest absolute Gasteiger partial charge is 0.496 e. The van der Waals surface area contributed by atoms with Gasteiger partial charge in [-0.2, -0.15) is 0 Å². The Hall–Kier alpha value is -1.06. The highest BCUT2D eigenvalue weighted by molar-refractivity contribution is 5.33. The van der Waals surface area contributed by atoms with Crippen LogP contribution in [0.5, 0.6) is 5.75 Å². The van der Waals surface area contributed by atoms with Crippen molar-refractivity contribution in [2.24, 2.45) is 0 Å². The second kappa shape index (κ2) is 8.95. The molecule has 0 spiro atoms. The van der Waals surface area contributed by atoms with Gasteiger partial charge in [0.2, 0.25) is 0 Å². The molecule has 18 heavy (non-hydrogen) atoms. The number of likely N-dealkylation sites (N-methyl/N-ethyl adjacent to an activating group) is 1. The van der Waals surface area contributed by atoms with Crippen LogP contribution < -0.4 is 10.1 Å². The van der Waals surface area contributed by atoms with Crippen LogP contribution in [-0.2, 0) is 6.42 Å². The number of methoxy groups -OCH3 is 1. The predicted molar refractivity (Wildman–Crippen MR) is 77.4 cm³/mol. The van der Waals surface area contributed by atoms with Crippen molar-refractivity contribution in [3.8, 4) is 5.75 Å². The Bertz CT molecular complexity index is 324. The quantitative estimate of drug-likeness (QED) is 0.680. The molecular formula is C15H26N2O. The van der Waals surface area contributed by atoms with Gasteiger partial charge in [-0.15, -0.1) is 0 Å². The first-order valence-electron chi connectivity index (χ1n) is 6.86. The molecule has 0 bridgehead atoms. The van der Waals surface area contributed by atoms with E-state index in [1.165, 1.54) is 5.56 Å². The first-order chi connectivity index (χ1) is 8.81. The van der Waals surface area contributed by atoms with Gasteiger partial charge in [0.25, 0.3) is 0 Å². The molecule has 0 saturated heterocycles. The summed E-state index contributed by atoms with van der Waals surface area (Å²) in [7, 11) is 1.73. The van der Waals surface area contributed by atoms with Gasteiger partial charge in [0.15, 0.2) is 0 Å². The Morgan fingerprint density at radius 1 is 1.11 bits per heavy atom. The van der Waals surface area contributed by atoms with Gasteiger partial charge in [0.1, 0.15) is 5.75 Å². The maximum Gasteiger partial charge on any atom is 0.122 e. The van der Waals surface area contributed by atoms with Crippen LogP contribution in [0.3, 0.4) is 0 Å². The molecule has 0 radical (unpaired) electrons. The molecule has 102 valence electrons. The van der Waals surface area contributed by atoms with Gasteiger partial charge in [-0.05, 0) is 37.7 Å². The van der Waals surface area contributed by atoms with Gasteiger partial charge in [0, 0.05) is 13.1 Å². The Balaban J connectivity index is 2.21. The topological polar surface area (TPSA) is 24.5 Å². The summed E-state index contributed by atoms with van der Waals surface area (Å²) in [6.45, 7) is 9.85. The zero-order chi connectivity index (χ0) is 13.2. The smallest absolute Gasteiger partial charge is 0.122 e. The van der Waals surface area contributed by atoms with Crippen molar-refractivity contribution in [2.45, 2.75) is 20.3 Å². The van der Waals surface area contributed by atoms with Crippen LogP contribution in [0.2, 0.25) is 0 Å². The number of hydrogen-bond donors (Lipinski definition) is 1. The van der Waals surface area contributed by atoms with Crippen LogP contribution in [-0.4, -0.2) is 44.7 Å². The van der Waals surface area contributed by atoms with Crippen LogP contribution in [0.25, 0.3) is 0 Å². The van der Waals surface area contributed by atoms with Gasteiger partial charge >= 0.3 is 0 Å². The fourth-order valence-electron chi connectivity index (χ4n) is 2.03. The van der Waals surface area contributed by atoms with E-state index in [1.54, 1.807) is 7.11 Å². The first kappa shape index (κ1) is 15.0. The van der Waals surface area contributed by atoms with Gasteiger partial charge < -0.3 is 15.0 Å². The second-order valence-electron chi connectivity index (χ2n) is 4.34. The lowest BCUT2D eigenvalue weighted by Gasteiger charge is -2.18. The summed E-state index contributed by atoms with van der Waals surface area (Å²) < 4.78 is 5.34. The van der Waals surface area contributed by atoms with E-state index in [4.69, 9.17) is 4.74 Å². The van der Waals surface area contributed by atoms with Crippen molar-refractivity contribution in [2.75, 3.05) is 39.8 Å². The van der Waals surface area contributed by atoms with E-state index in [9.17, 15) is 0 Å². The van der Waals surface area contributed by atoms with Gasteiger partial charge in [0.05, 0.1) is 7.11 Å². The minimum atomic E-state index is 0.989. The molecule has 1 rings (SSSR count). The van der Waals surface area contributed by atoms with Crippen molar-refractivity contribution < 1.29 is 4.74 Å². The van der Waals surface area contributed by atoms with Crippen LogP contribution in [0.1, 0.15) is 19.4 Å². The second-order valence-corrected chi connectivity index (χ2v) is 4.34. The number of ether oxygens (including phenoxy) is 1. The molecule has 0 fully saturated rings. The Morgan fingerprint density at radius 2 is 1.83 bits per heavy atom. The number of benzene rings is 1. The maximum atomic E-state index is 5.34. The van der Waals surface area contributed by atoms with E-state index < -0.39 is 0 Å². The monoisotopic (exact) mass is 250 g/mol. The molecule has 0 unspecified atom stereocenters. The van der Waals surface area contributed by atoms with E-state index in [0.29, 0.717) is 0 Å². The zero-order valence-electron chi connectivity index (χ0n) is 11.9. The molecule has 0 aliphatic rings. The molecule has 1 N–H and O–H groups in total. The zero-order valence-corrected chi connectivity index (χ0v) is 11.9. The molecule has 3 nitrogen and oxygen atoms in total. The van der Waals surface area contributed by atoms with Gasteiger partial charge in [-0.3, -0.25) is 0 Å². The summed E-state index contributed by atoms with van der Waals surface area (Å²) in [5, 5.41) is 3.49. The van der Waals surface area contributed by atoms with E-state index >= 15 is 0 Å². The molecule has 0 heterocycles. The Kier molecular flexibility index (Phi) is 7.46. The van der Waals surface area contributed by atoms with Crippen molar-refractivity contribution >= 4 is 0 Å². The molecule has 1 aromatic rings. The summed E-state index contributed by atoms with van der Waals surface area (Å²) in [6.07, 6.45) is 1.02. The Morgan fingerprint density at radius 3 is 2.50 bits per heavy atom. The third kappa shape index (κ3) is 5.07. The van der Waals surface area contributed by atoms with Crippen LogP contribution in [0.15, 0.2) is 24.3 Å². The number of rotatable bonds is 9. The van der Waals surface area contributed by atoms with E-state index in [0.717, 1.165) is 44.9 Å². The fourth-order valence-corrected chi connectivity index (χ4v) is 2.03. The molecule has 0 atom stereocenters. The summed E-state index contributed by atoms with van der Waals surface area (Å²) in [6, 6.07) is 8.22. The van der Waals surface area contributed by atoms with Gasteiger partial charge in [-0.1, -0.05) is 32.0 Å². The van der Waals surface area contributed by atoms with Crippen molar-refractivity contribution in [3.05, 3.63) is 29.8 Å². The summed E-state index contributed by atoms with van der Waals surface area (Å²) in [5.41, 5.74) is 1.27. The average Bonchev–Trinajstić information content (AvgIpc) is 2.43. The predicted octanol–water partition coefficient (Wildman–Crippen LogP) is 2.17. The molecular weight excluding hydrogens is 224 g/mol. The summed E-state index contributed by atoms with van der Waals surface area (Å²) >= 11 is 0. The van der Waals surface area contributed by atoms with E-state index in [2.05, 4.69) is 36.2 Å². The van der Waals surface area contributed by atoms with Crippen LogP contribution >= 0.6 is 0 Å². The van der Waals surface area contributed by atoms with E-state index in [1.807, 2.05) is 12.1 Å². The van der Waals surface area contributed by atoms with E-state index in [-0.39, 0.29) is 0 Å².